The van der Waals surface area contributed by atoms with Gasteiger partial charge in [-0.25, -0.2) is 0 Å². The Kier molecular flexibility index (Phi) is 5.71. The lowest BCUT2D eigenvalue weighted by Gasteiger charge is -2.50. The summed E-state index contributed by atoms with van der Waals surface area (Å²) in [6, 6.07) is 13.6. The summed E-state index contributed by atoms with van der Waals surface area (Å²) in [4.78, 5) is 53.2. The predicted octanol–water partition coefficient (Wildman–Crippen LogP) is 4.13. The number of carbonyl (C=O) groups excluding carboxylic acids is 3. The Labute approximate surface area is 213 Å². The molecule has 36 heavy (non-hydrogen) atoms. The van der Waals surface area contributed by atoms with E-state index in [0.29, 0.717) is 22.7 Å². The first-order chi connectivity index (χ1) is 17.3. The van der Waals surface area contributed by atoms with Gasteiger partial charge in [-0.15, -0.1) is 0 Å². The molecule has 2 aliphatic rings. The zero-order valence-electron chi connectivity index (χ0n) is 19.0. The van der Waals surface area contributed by atoms with Crippen LogP contribution in [-0.4, -0.2) is 47.8 Å². The van der Waals surface area contributed by atoms with Crippen LogP contribution < -0.4 is 14.4 Å². The third-order valence-electron chi connectivity index (χ3n) is 6.32. The molecule has 0 spiro atoms. The molecule has 2 heterocycles. The van der Waals surface area contributed by atoms with Gasteiger partial charge in [0.15, 0.2) is 0 Å². The summed E-state index contributed by atoms with van der Waals surface area (Å²) in [7, 11) is 2.98. The van der Waals surface area contributed by atoms with Crippen LogP contribution in [0.3, 0.4) is 0 Å². The predicted molar refractivity (Wildman–Crippen MR) is 131 cm³/mol. The number of β-lactam (4-membered cyclic amide) rings is 1. The molecular formula is C25H18BrN3O7. The molecule has 3 aromatic carbocycles. The van der Waals surface area contributed by atoms with Crippen molar-refractivity contribution in [1.82, 2.24) is 4.90 Å². The van der Waals surface area contributed by atoms with Crippen molar-refractivity contribution < 1.29 is 28.8 Å². The average molecular weight is 552 g/mol. The monoisotopic (exact) mass is 551 g/mol. The average Bonchev–Trinajstić information content (AvgIpc) is 3.12. The normalized spacial score (nSPS) is 18.7. The summed E-state index contributed by atoms with van der Waals surface area (Å²) in [6.07, 6.45) is 0. The smallest absolute Gasteiger partial charge is 0.270 e. The van der Waals surface area contributed by atoms with E-state index in [4.69, 9.17) is 9.47 Å². The van der Waals surface area contributed by atoms with E-state index in [1.54, 1.807) is 42.5 Å². The maximum absolute atomic E-state index is 13.6. The van der Waals surface area contributed by atoms with Crippen LogP contribution in [0.4, 0.5) is 11.4 Å². The van der Waals surface area contributed by atoms with Gasteiger partial charge >= 0.3 is 0 Å². The molecule has 0 saturated carbocycles. The first-order valence-electron chi connectivity index (χ1n) is 10.7. The van der Waals surface area contributed by atoms with Crippen LogP contribution in [0.2, 0.25) is 0 Å². The highest BCUT2D eigenvalue weighted by molar-refractivity contribution is 9.10. The van der Waals surface area contributed by atoms with E-state index in [9.17, 15) is 24.5 Å². The SMILES string of the molecule is COc1ccc(OC)c([C@@H]2[C@@H](N3C(=O)c4ccc([N+](=O)[O-])cc4C3=O)C(=O)N2c2ccc(Br)cc2)c1. The van der Waals surface area contributed by atoms with Gasteiger partial charge in [0.2, 0.25) is 0 Å². The number of nitro groups is 1. The highest BCUT2D eigenvalue weighted by Gasteiger charge is 2.58. The third-order valence-corrected chi connectivity index (χ3v) is 6.85. The Hall–Kier alpha value is -4.25. The van der Waals surface area contributed by atoms with Gasteiger partial charge in [-0.2, -0.15) is 0 Å². The van der Waals surface area contributed by atoms with Crippen LogP contribution in [0.5, 0.6) is 11.5 Å². The molecule has 10 nitrogen and oxygen atoms in total. The maximum atomic E-state index is 13.6. The quantitative estimate of drug-likeness (QED) is 0.195. The van der Waals surface area contributed by atoms with Crippen LogP contribution >= 0.6 is 15.9 Å². The minimum Gasteiger partial charge on any atom is -0.497 e. The molecule has 182 valence electrons. The first-order valence-corrected chi connectivity index (χ1v) is 11.5. The fourth-order valence-electron chi connectivity index (χ4n) is 4.61. The Morgan fingerprint density at radius 2 is 1.53 bits per heavy atom. The minimum atomic E-state index is -1.19. The number of carbonyl (C=O) groups is 3. The molecule has 0 aliphatic carbocycles. The van der Waals surface area contributed by atoms with Crippen LogP contribution in [0.1, 0.15) is 32.3 Å². The van der Waals surface area contributed by atoms with Gasteiger partial charge in [0.25, 0.3) is 23.4 Å². The van der Waals surface area contributed by atoms with Gasteiger partial charge in [-0.3, -0.25) is 29.4 Å². The molecule has 1 fully saturated rings. The highest BCUT2D eigenvalue weighted by atomic mass is 79.9. The topological polar surface area (TPSA) is 119 Å². The zero-order chi connectivity index (χ0) is 25.7. The molecule has 0 aromatic heterocycles. The van der Waals surface area contributed by atoms with Gasteiger partial charge in [-0.1, -0.05) is 15.9 Å². The number of hydrogen-bond acceptors (Lipinski definition) is 7. The molecule has 3 amide bonds. The number of halogens is 1. The van der Waals surface area contributed by atoms with Crippen LogP contribution in [-0.2, 0) is 4.79 Å². The van der Waals surface area contributed by atoms with Crippen molar-refractivity contribution in [2.24, 2.45) is 0 Å². The summed E-state index contributed by atoms with van der Waals surface area (Å²) in [5.74, 6) is -0.994. The zero-order valence-corrected chi connectivity index (χ0v) is 20.6. The van der Waals surface area contributed by atoms with Crippen LogP contribution in [0, 0.1) is 10.1 Å². The first kappa shape index (κ1) is 23.5. The van der Waals surface area contributed by atoms with Crippen molar-refractivity contribution in [2.45, 2.75) is 12.1 Å². The van der Waals surface area contributed by atoms with Crippen molar-refractivity contribution in [1.29, 1.82) is 0 Å². The van der Waals surface area contributed by atoms with Crippen LogP contribution in [0.15, 0.2) is 65.1 Å². The Bertz CT molecular complexity index is 1440. The largest absolute Gasteiger partial charge is 0.497 e. The van der Waals surface area contributed by atoms with E-state index < -0.39 is 34.7 Å². The van der Waals surface area contributed by atoms with Gasteiger partial charge < -0.3 is 14.4 Å². The van der Waals surface area contributed by atoms with Crippen molar-refractivity contribution in [2.75, 3.05) is 19.1 Å². The molecular weight excluding hydrogens is 534 g/mol. The molecule has 0 bridgehead atoms. The Balaban J connectivity index is 1.63. The number of nitrogens with zero attached hydrogens (tertiary/aromatic N) is 3. The number of fused-ring (bicyclic) bond motifs is 1. The minimum absolute atomic E-state index is 0.0110. The number of rotatable bonds is 6. The van der Waals surface area contributed by atoms with Gasteiger partial charge in [0.1, 0.15) is 17.5 Å². The number of methoxy groups -OCH3 is 2. The van der Waals surface area contributed by atoms with Gasteiger partial charge in [-0.05, 0) is 48.5 Å². The molecule has 2 aliphatic heterocycles. The fourth-order valence-corrected chi connectivity index (χ4v) is 4.87. The van der Waals surface area contributed by atoms with E-state index in [0.717, 1.165) is 21.5 Å². The third kappa shape index (κ3) is 3.51. The highest BCUT2D eigenvalue weighted by Crippen LogP contribution is 2.47. The summed E-state index contributed by atoms with van der Waals surface area (Å²) < 4.78 is 11.7. The number of benzene rings is 3. The number of anilines is 1. The molecule has 2 atom stereocenters. The van der Waals surface area contributed by atoms with Crippen molar-refractivity contribution >= 4 is 45.0 Å². The molecule has 0 radical (unpaired) electrons. The molecule has 3 aromatic rings. The maximum Gasteiger partial charge on any atom is 0.270 e. The van der Waals surface area contributed by atoms with Gasteiger partial charge in [0.05, 0.1) is 36.3 Å². The van der Waals surface area contributed by atoms with E-state index in [1.807, 2.05) is 0 Å². The molecule has 5 rings (SSSR count). The summed E-state index contributed by atoms with van der Waals surface area (Å²) in [5, 5.41) is 11.2. The summed E-state index contributed by atoms with van der Waals surface area (Å²) in [6.45, 7) is 0. The van der Waals surface area contributed by atoms with E-state index in [2.05, 4.69) is 15.9 Å². The summed E-state index contributed by atoms with van der Waals surface area (Å²) >= 11 is 3.38. The number of hydrogen-bond donors (Lipinski definition) is 0. The van der Waals surface area contributed by atoms with E-state index in [-0.39, 0.29) is 16.8 Å². The van der Waals surface area contributed by atoms with E-state index >= 15 is 0 Å². The molecule has 1 saturated heterocycles. The molecule has 11 heteroatoms. The summed E-state index contributed by atoms with van der Waals surface area (Å²) in [5.41, 5.74) is 0.671. The number of ether oxygens (including phenoxy) is 2. The van der Waals surface area contributed by atoms with Crippen molar-refractivity contribution in [3.63, 3.8) is 0 Å². The number of imide groups is 1. The lowest BCUT2D eigenvalue weighted by Crippen LogP contribution is -2.67. The lowest BCUT2D eigenvalue weighted by atomic mass is 9.85. The Morgan fingerprint density at radius 1 is 0.833 bits per heavy atom. The molecule has 0 N–H and O–H groups in total. The number of amides is 3. The fraction of sp³-hybridized carbons (Fsp3) is 0.160. The standard InChI is InChI=1S/C25H18BrN3O7/c1-35-16-8-10-20(36-2)19(12-16)21-22(25(32)27(21)14-5-3-13(26)4-6-14)28-23(30)17-9-7-15(29(33)34)11-18(17)24(28)31/h3-12,21-22H,1-2H3/t21-,22-/m1/s1. The van der Waals surface area contributed by atoms with Crippen molar-refractivity contribution in [3.05, 3.63) is 91.9 Å². The second-order valence-electron chi connectivity index (χ2n) is 8.15. The number of non-ortho nitro benzene ring substituents is 1. The second-order valence-corrected chi connectivity index (χ2v) is 9.07. The second kappa shape index (κ2) is 8.76. The molecule has 0 unspecified atom stereocenters. The number of nitro benzene ring substituents is 1. The lowest BCUT2D eigenvalue weighted by molar-refractivity contribution is -0.384. The Morgan fingerprint density at radius 3 is 2.17 bits per heavy atom. The van der Waals surface area contributed by atoms with Crippen LogP contribution in [0.25, 0.3) is 0 Å². The van der Waals surface area contributed by atoms with Crippen molar-refractivity contribution in [3.8, 4) is 11.5 Å². The van der Waals surface area contributed by atoms with E-state index in [1.165, 1.54) is 25.2 Å². The van der Waals surface area contributed by atoms with Gasteiger partial charge in [0, 0.05) is 27.9 Å².